The number of amides is 3. The number of hydrogen-bond donors (Lipinski definition) is 4. The van der Waals surface area contributed by atoms with Gasteiger partial charge in [-0.15, -0.1) is 0 Å². The lowest BCUT2D eigenvalue weighted by Gasteiger charge is -2.37. The molecule has 0 radical (unpaired) electrons. The van der Waals surface area contributed by atoms with E-state index in [0.29, 0.717) is 23.7 Å². The SMILES string of the molecule is C[C@@](NC(=O)c1nc2ccccc2cc1NC(=O)Nc1c(Cl)cccc1Cl)(C(=O)O)C1CCCCC1. The Labute approximate surface area is 218 Å². The number of anilines is 2. The van der Waals surface area contributed by atoms with Crippen LogP contribution in [-0.2, 0) is 4.79 Å². The van der Waals surface area contributed by atoms with E-state index in [2.05, 4.69) is 20.9 Å². The van der Waals surface area contributed by atoms with E-state index in [1.54, 1.807) is 42.5 Å². The van der Waals surface area contributed by atoms with Crippen molar-refractivity contribution in [2.24, 2.45) is 5.92 Å². The fourth-order valence-corrected chi connectivity index (χ4v) is 5.07. The van der Waals surface area contributed by atoms with Crippen LogP contribution in [0.4, 0.5) is 16.2 Å². The summed E-state index contributed by atoms with van der Waals surface area (Å²) in [6, 6.07) is 12.8. The summed E-state index contributed by atoms with van der Waals surface area (Å²) in [6.07, 6.45) is 4.29. The number of carboxylic acid groups (broad SMARTS) is 1. The number of carbonyl (C=O) groups excluding carboxylic acids is 2. The Bertz CT molecular complexity index is 1310. The van der Waals surface area contributed by atoms with Gasteiger partial charge >= 0.3 is 12.0 Å². The summed E-state index contributed by atoms with van der Waals surface area (Å²) in [4.78, 5) is 43.1. The van der Waals surface area contributed by atoms with Gasteiger partial charge in [-0.1, -0.05) is 66.7 Å². The van der Waals surface area contributed by atoms with Crippen molar-refractivity contribution in [1.82, 2.24) is 10.3 Å². The van der Waals surface area contributed by atoms with Gasteiger partial charge < -0.3 is 21.1 Å². The summed E-state index contributed by atoms with van der Waals surface area (Å²) in [5.74, 6) is -2.01. The number of hydrogen-bond acceptors (Lipinski definition) is 4. The highest BCUT2D eigenvalue weighted by atomic mass is 35.5. The predicted molar refractivity (Wildman–Crippen MR) is 141 cm³/mol. The van der Waals surface area contributed by atoms with Gasteiger partial charge in [0.25, 0.3) is 5.91 Å². The number of nitrogens with zero attached hydrogens (tertiary/aromatic N) is 1. The zero-order chi connectivity index (χ0) is 25.9. The van der Waals surface area contributed by atoms with Crippen LogP contribution in [0.1, 0.15) is 49.5 Å². The first kappa shape index (κ1) is 25.7. The van der Waals surface area contributed by atoms with Crippen molar-refractivity contribution in [1.29, 1.82) is 0 Å². The van der Waals surface area contributed by atoms with E-state index < -0.39 is 23.4 Å². The lowest BCUT2D eigenvalue weighted by Crippen LogP contribution is -2.57. The number of pyridine rings is 1. The van der Waals surface area contributed by atoms with Crippen molar-refractivity contribution in [3.63, 3.8) is 0 Å². The molecule has 3 amide bonds. The highest BCUT2D eigenvalue weighted by Gasteiger charge is 2.43. The van der Waals surface area contributed by atoms with Gasteiger partial charge in [0.15, 0.2) is 5.69 Å². The third-order valence-corrected chi connectivity index (χ3v) is 7.26. The Kier molecular flexibility index (Phi) is 7.66. The minimum atomic E-state index is -1.48. The molecule has 36 heavy (non-hydrogen) atoms. The minimum Gasteiger partial charge on any atom is -0.480 e. The molecular formula is C26H26Cl2N4O4. The number of halogens is 2. The fourth-order valence-electron chi connectivity index (χ4n) is 4.57. The third-order valence-electron chi connectivity index (χ3n) is 6.63. The van der Waals surface area contributed by atoms with E-state index in [4.69, 9.17) is 23.2 Å². The van der Waals surface area contributed by atoms with Crippen molar-refractivity contribution in [3.05, 3.63) is 64.3 Å². The van der Waals surface area contributed by atoms with Crippen molar-refractivity contribution in [2.45, 2.75) is 44.6 Å². The normalized spacial score (nSPS) is 15.6. The second-order valence-electron chi connectivity index (χ2n) is 9.05. The van der Waals surface area contributed by atoms with Gasteiger partial charge in [0.05, 0.1) is 26.9 Å². The van der Waals surface area contributed by atoms with Gasteiger partial charge in [-0.05, 0) is 49.9 Å². The summed E-state index contributed by atoms with van der Waals surface area (Å²) in [7, 11) is 0. The van der Waals surface area contributed by atoms with Crippen molar-refractivity contribution in [2.75, 3.05) is 10.6 Å². The van der Waals surface area contributed by atoms with Crippen molar-refractivity contribution in [3.8, 4) is 0 Å². The standard InChI is InChI=1S/C26H26Cl2N4O4/c1-26(24(34)35,16-9-3-2-4-10-16)32-23(33)22-20(14-15-8-5-6-13-19(15)29-22)30-25(36)31-21-17(27)11-7-12-18(21)28/h5-8,11-14,16H,2-4,9-10H2,1H3,(H,32,33)(H,34,35)(H2,30,31,36)/t26-/m0/s1. The van der Waals surface area contributed by atoms with Gasteiger partial charge in [0, 0.05) is 5.39 Å². The van der Waals surface area contributed by atoms with Crippen LogP contribution >= 0.6 is 23.2 Å². The number of para-hydroxylation sites is 2. The molecule has 188 valence electrons. The molecule has 1 saturated carbocycles. The number of aromatic nitrogens is 1. The lowest BCUT2D eigenvalue weighted by atomic mass is 9.75. The molecule has 1 aliphatic rings. The number of carbonyl (C=O) groups is 3. The third kappa shape index (κ3) is 5.39. The van der Waals surface area contributed by atoms with Crippen molar-refractivity contribution >= 4 is 63.4 Å². The smallest absolute Gasteiger partial charge is 0.329 e. The van der Waals surface area contributed by atoms with Crippen molar-refractivity contribution < 1.29 is 19.5 Å². The molecule has 1 heterocycles. The maximum absolute atomic E-state index is 13.5. The molecule has 8 nitrogen and oxygen atoms in total. The first-order valence-corrected chi connectivity index (χ1v) is 12.4. The van der Waals surface area contributed by atoms with Crippen LogP contribution < -0.4 is 16.0 Å². The molecular weight excluding hydrogens is 503 g/mol. The number of benzene rings is 2. The average Bonchev–Trinajstić information content (AvgIpc) is 2.86. The van der Waals surface area contributed by atoms with Crippen LogP contribution in [-0.4, -0.2) is 33.5 Å². The van der Waals surface area contributed by atoms with Crippen LogP contribution in [0.3, 0.4) is 0 Å². The molecule has 4 N–H and O–H groups in total. The molecule has 0 bridgehead atoms. The summed E-state index contributed by atoms with van der Waals surface area (Å²) < 4.78 is 0. The molecule has 3 aromatic rings. The molecule has 10 heteroatoms. The molecule has 0 unspecified atom stereocenters. The Hall–Kier alpha value is -3.36. The van der Waals surface area contributed by atoms with E-state index in [-0.39, 0.29) is 33.0 Å². The van der Waals surface area contributed by atoms with E-state index >= 15 is 0 Å². The summed E-state index contributed by atoms with van der Waals surface area (Å²) in [6.45, 7) is 1.53. The van der Waals surface area contributed by atoms with Gasteiger partial charge in [-0.3, -0.25) is 4.79 Å². The first-order valence-electron chi connectivity index (χ1n) is 11.7. The van der Waals surface area contributed by atoms with E-state index in [1.807, 2.05) is 6.07 Å². The predicted octanol–water partition coefficient (Wildman–Crippen LogP) is 6.34. The van der Waals surface area contributed by atoms with Crippen LogP contribution in [0.5, 0.6) is 0 Å². The molecule has 0 saturated heterocycles. The van der Waals surface area contributed by atoms with Gasteiger partial charge in [-0.2, -0.15) is 0 Å². The van der Waals surface area contributed by atoms with Crippen LogP contribution in [0.25, 0.3) is 10.9 Å². The number of nitrogens with one attached hydrogen (secondary N) is 3. The first-order chi connectivity index (χ1) is 17.2. The number of rotatable bonds is 6. The van der Waals surface area contributed by atoms with Gasteiger partial charge in [-0.25, -0.2) is 14.6 Å². The molecule has 1 atom stereocenters. The Morgan fingerprint density at radius 1 is 0.972 bits per heavy atom. The number of carboxylic acids is 1. The molecule has 1 fully saturated rings. The monoisotopic (exact) mass is 528 g/mol. The summed E-state index contributed by atoms with van der Waals surface area (Å²) in [5.41, 5.74) is -0.720. The van der Waals surface area contributed by atoms with Gasteiger partial charge in [0.2, 0.25) is 0 Å². The number of fused-ring (bicyclic) bond motifs is 1. The number of aliphatic carboxylic acids is 1. The summed E-state index contributed by atoms with van der Waals surface area (Å²) in [5, 5.41) is 19.2. The van der Waals surface area contributed by atoms with E-state index in [1.165, 1.54) is 6.92 Å². The lowest BCUT2D eigenvalue weighted by molar-refractivity contribution is -0.146. The average molecular weight is 529 g/mol. The fraction of sp³-hybridized carbons (Fsp3) is 0.308. The highest BCUT2D eigenvalue weighted by molar-refractivity contribution is 6.39. The van der Waals surface area contributed by atoms with Crippen LogP contribution in [0.15, 0.2) is 48.5 Å². The van der Waals surface area contributed by atoms with Gasteiger partial charge in [0.1, 0.15) is 5.54 Å². The Morgan fingerprint density at radius 3 is 2.31 bits per heavy atom. The molecule has 1 aliphatic carbocycles. The zero-order valence-electron chi connectivity index (χ0n) is 19.6. The van der Waals surface area contributed by atoms with E-state index in [9.17, 15) is 19.5 Å². The summed E-state index contributed by atoms with van der Waals surface area (Å²) >= 11 is 12.3. The Morgan fingerprint density at radius 2 is 1.64 bits per heavy atom. The van der Waals surface area contributed by atoms with Crippen LogP contribution in [0, 0.1) is 5.92 Å². The zero-order valence-corrected chi connectivity index (χ0v) is 21.1. The second-order valence-corrected chi connectivity index (χ2v) is 9.86. The maximum atomic E-state index is 13.5. The van der Waals surface area contributed by atoms with E-state index in [0.717, 1.165) is 19.3 Å². The molecule has 4 rings (SSSR count). The molecule has 1 aromatic heterocycles. The largest absolute Gasteiger partial charge is 0.480 e. The minimum absolute atomic E-state index is 0.0996. The quantitative estimate of drug-likeness (QED) is 0.297. The topological polar surface area (TPSA) is 120 Å². The van der Waals surface area contributed by atoms with Crippen LogP contribution in [0.2, 0.25) is 10.0 Å². The highest BCUT2D eigenvalue weighted by Crippen LogP contribution is 2.34. The molecule has 0 spiro atoms. The Balaban J connectivity index is 1.66. The number of urea groups is 1. The maximum Gasteiger partial charge on any atom is 0.329 e. The molecule has 0 aliphatic heterocycles. The molecule has 2 aromatic carbocycles. The second kappa shape index (κ2) is 10.7.